The number of hydroxylamine groups is 2. The number of amides is 1. The Balaban J connectivity index is 1.90. The Morgan fingerprint density at radius 3 is 2.05 bits per heavy atom. The van der Waals surface area contributed by atoms with Crippen molar-refractivity contribution >= 4 is 5.91 Å². The predicted molar refractivity (Wildman–Crippen MR) is 167 cm³/mol. The second kappa shape index (κ2) is 24.3. The molecule has 0 bridgehead atoms. The molecule has 0 unspecified atom stereocenters. The van der Waals surface area contributed by atoms with Crippen LogP contribution in [0.2, 0.25) is 0 Å². The average molecular weight is 618 g/mol. The second-order valence-electron chi connectivity index (χ2n) is 12.0. The Hall–Kier alpha value is -0.930. The summed E-state index contributed by atoms with van der Waals surface area (Å²) in [5, 5.41) is 52.1. The molecule has 2 rings (SSSR count). The second-order valence-corrected chi connectivity index (χ2v) is 12.0. The van der Waals surface area contributed by atoms with E-state index in [2.05, 4.69) is 27.8 Å². The van der Waals surface area contributed by atoms with Crippen LogP contribution in [0.4, 0.5) is 0 Å². The zero-order chi connectivity index (χ0) is 31.1. The lowest BCUT2D eigenvalue weighted by molar-refractivity contribution is -0.353. The van der Waals surface area contributed by atoms with Gasteiger partial charge in [-0.2, -0.15) is 0 Å². The first kappa shape index (κ1) is 38.3. The van der Waals surface area contributed by atoms with Gasteiger partial charge in [0, 0.05) is 45.7 Å². The minimum Gasteiger partial charge on any atom is -0.394 e. The monoisotopic (exact) mass is 617 g/mol. The van der Waals surface area contributed by atoms with Crippen LogP contribution in [0.15, 0.2) is 0 Å². The van der Waals surface area contributed by atoms with Gasteiger partial charge in [-0.05, 0) is 45.4 Å². The molecule has 2 aliphatic heterocycles. The van der Waals surface area contributed by atoms with Crippen LogP contribution in [0, 0.1) is 0 Å². The molecule has 0 radical (unpaired) electrons. The summed E-state index contributed by atoms with van der Waals surface area (Å²) in [5.74, 6) is -0.218. The van der Waals surface area contributed by atoms with Gasteiger partial charge in [-0.1, -0.05) is 64.7 Å². The summed E-state index contributed by atoms with van der Waals surface area (Å²) in [4.78, 5) is 21.6. The molecule has 12 nitrogen and oxygen atoms in total. The highest BCUT2D eigenvalue weighted by molar-refractivity contribution is 5.75. The third-order valence-electron chi connectivity index (χ3n) is 8.33. The van der Waals surface area contributed by atoms with E-state index in [9.17, 15) is 25.2 Å². The van der Waals surface area contributed by atoms with Crippen LogP contribution in [-0.4, -0.2) is 139 Å². The normalized spacial score (nSPS) is 27.0. The molecule has 0 aromatic rings. The third-order valence-corrected chi connectivity index (χ3v) is 8.33. The van der Waals surface area contributed by atoms with Gasteiger partial charge in [0.2, 0.25) is 12.2 Å². The Morgan fingerprint density at radius 1 is 0.791 bits per heavy atom. The highest BCUT2D eigenvalue weighted by Crippen LogP contribution is 2.23. The molecule has 0 spiro atoms. The van der Waals surface area contributed by atoms with Crippen molar-refractivity contribution in [3.8, 4) is 0 Å². The fraction of sp³-hybridized carbons (Fsp3) is 0.968. The van der Waals surface area contributed by atoms with E-state index in [-0.39, 0.29) is 12.3 Å². The van der Waals surface area contributed by atoms with Gasteiger partial charge in [0.25, 0.3) is 0 Å². The fourth-order valence-corrected chi connectivity index (χ4v) is 5.53. The molecule has 12 heteroatoms. The van der Waals surface area contributed by atoms with E-state index in [0.29, 0.717) is 13.1 Å². The number of carbonyl (C=O) groups is 1. The lowest BCUT2D eigenvalue weighted by Gasteiger charge is -2.41. The zero-order valence-electron chi connectivity index (χ0n) is 26.8. The number of nitrogens with zero attached hydrogens (tertiary/aromatic N) is 2. The minimum absolute atomic E-state index is 0.218. The topological polar surface area (TPSA) is 159 Å². The summed E-state index contributed by atoms with van der Waals surface area (Å²) < 4.78 is 5.55. The summed E-state index contributed by atoms with van der Waals surface area (Å²) in [5.41, 5.74) is 0. The number of rotatable bonds is 17. The predicted octanol–water partition coefficient (Wildman–Crippen LogP) is 0.722. The summed E-state index contributed by atoms with van der Waals surface area (Å²) in [7, 11) is 0. The Bertz CT molecular complexity index is 679. The van der Waals surface area contributed by atoms with E-state index in [1.54, 1.807) is 0 Å². The minimum atomic E-state index is -1.56. The van der Waals surface area contributed by atoms with E-state index in [0.717, 1.165) is 84.5 Å². The number of nitrogens with one attached hydrogen (secondary N) is 3. The quantitative estimate of drug-likeness (QED) is 0.0911. The van der Waals surface area contributed by atoms with Crippen molar-refractivity contribution < 1.29 is 34.8 Å². The van der Waals surface area contributed by atoms with Crippen LogP contribution >= 0.6 is 0 Å². The maximum atomic E-state index is 13.5. The van der Waals surface area contributed by atoms with Crippen LogP contribution < -0.4 is 16.0 Å². The lowest BCUT2D eigenvalue weighted by Crippen LogP contribution is -2.60. The molecule has 0 aromatic carbocycles. The van der Waals surface area contributed by atoms with Crippen molar-refractivity contribution in [1.82, 2.24) is 25.9 Å². The molecule has 0 aliphatic carbocycles. The van der Waals surface area contributed by atoms with Crippen molar-refractivity contribution in [3.05, 3.63) is 0 Å². The SMILES string of the molecule is CCCCCCCCCCCCN(O[C@@H]1O[C@H](CO)[C@@H](O)[C@H](O)[C@H]1O)C(=O)CCN1CCCNCCNCCCNCC1. The smallest absolute Gasteiger partial charge is 0.247 e. The molecule has 2 fully saturated rings. The van der Waals surface area contributed by atoms with Crippen molar-refractivity contribution in [2.24, 2.45) is 0 Å². The van der Waals surface area contributed by atoms with Gasteiger partial charge in [0.15, 0.2) is 0 Å². The number of aliphatic hydroxyl groups is 4. The van der Waals surface area contributed by atoms with Crippen LogP contribution in [0.25, 0.3) is 0 Å². The number of aliphatic hydroxyl groups excluding tert-OH is 4. The highest BCUT2D eigenvalue weighted by Gasteiger charge is 2.45. The number of hydrogen-bond donors (Lipinski definition) is 7. The van der Waals surface area contributed by atoms with Crippen molar-refractivity contribution in [2.45, 2.75) is 121 Å². The first-order chi connectivity index (χ1) is 21.0. The Labute approximate surface area is 259 Å². The lowest BCUT2D eigenvalue weighted by atomic mass is 9.99. The summed E-state index contributed by atoms with van der Waals surface area (Å²) in [6, 6.07) is 0. The van der Waals surface area contributed by atoms with E-state index in [4.69, 9.17) is 9.57 Å². The van der Waals surface area contributed by atoms with Gasteiger partial charge >= 0.3 is 0 Å². The molecule has 0 saturated carbocycles. The first-order valence-corrected chi connectivity index (χ1v) is 17.1. The van der Waals surface area contributed by atoms with Crippen molar-refractivity contribution in [3.63, 3.8) is 0 Å². The summed E-state index contributed by atoms with van der Waals surface area (Å²) >= 11 is 0. The molecule has 1 amide bonds. The van der Waals surface area contributed by atoms with Gasteiger partial charge in [-0.15, -0.1) is 0 Å². The number of unbranched alkanes of at least 4 members (excludes halogenated alkanes) is 9. The maximum absolute atomic E-state index is 13.5. The van der Waals surface area contributed by atoms with Crippen LogP contribution in [-0.2, 0) is 14.4 Å². The van der Waals surface area contributed by atoms with Gasteiger partial charge in [0.1, 0.15) is 24.4 Å². The van der Waals surface area contributed by atoms with Gasteiger partial charge in [-0.25, -0.2) is 9.90 Å². The number of ether oxygens (including phenoxy) is 1. The molecule has 254 valence electrons. The van der Waals surface area contributed by atoms with E-state index < -0.39 is 37.3 Å². The third kappa shape index (κ3) is 16.3. The van der Waals surface area contributed by atoms with Crippen molar-refractivity contribution in [1.29, 1.82) is 0 Å². The molecule has 2 heterocycles. The zero-order valence-corrected chi connectivity index (χ0v) is 26.8. The van der Waals surface area contributed by atoms with Crippen molar-refractivity contribution in [2.75, 3.05) is 72.1 Å². The maximum Gasteiger partial charge on any atom is 0.247 e. The molecular weight excluding hydrogens is 554 g/mol. The average Bonchev–Trinajstić information content (AvgIpc) is 3.01. The highest BCUT2D eigenvalue weighted by atomic mass is 16.8. The summed E-state index contributed by atoms with van der Waals surface area (Å²) in [6.45, 7) is 9.93. The Kier molecular flexibility index (Phi) is 21.6. The Morgan fingerprint density at radius 2 is 1.40 bits per heavy atom. The van der Waals surface area contributed by atoms with E-state index in [1.165, 1.54) is 50.0 Å². The van der Waals surface area contributed by atoms with Crippen LogP contribution in [0.3, 0.4) is 0 Å². The molecular formula is C31H63N5O7. The largest absolute Gasteiger partial charge is 0.394 e. The number of hydrogen-bond acceptors (Lipinski definition) is 11. The van der Waals surface area contributed by atoms with Crippen LogP contribution in [0.5, 0.6) is 0 Å². The molecule has 2 aliphatic rings. The van der Waals surface area contributed by atoms with Gasteiger partial charge in [-0.3, -0.25) is 4.79 Å². The number of carbonyl (C=O) groups excluding carboxylic acids is 1. The van der Waals surface area contributed by atoms with E-state index >= 15 is 0 Å². The van der Waals surface area contributed by atoms with Gasteiger partial charge in [0.05, 0.1) is 6.61 Å². The molecule has 0 aromatic heterocycles. The molecule has 7 N–H and O–H groups in total. The van der Waals surface area contributed by atoms with Gasteiger partial charge < -0.3 is 46.0 Å². The fourth-order valence-electron chi connectivity index (χ4n) is 5.53. The first-order valence-electron chi connectivity index (χ1n) is 17.1. The molecule has 2 saturated heterocycles. The molecule has 43 heavy (non-hydrogen) atoms. The molecule has 5 atom stereocenters. The summed E-state index contributed by atoms with van der Waals surface area (Å²) in [6.07, 6.45) is 6.85. The van der Waals surface area contributed by atoms with Crippen LogP contribution in [0.1, 0.15) is 90.4 Å². The van der Waals surface area contributed by atoms with E-state index in [1.807, 2.05) is 0 Å². The standard InChI is InChI=1S/C31H63N5O7/c1-2-3-4-5-6-7-8-9-10-11-22-36(43-31-30(41)29(40)28(39)26(25-37)42-31)27(38)14-23-35-21-13-17-33-19-18-32-15-12-16-34-20-24-35/h26,28-34,37,39-41H,2-25H2,1H3/t26-,28-,29+,30-,31+/m1/s1.